The summed E-state index contributed by atoms with van der Waals surface area (Å²) in [6, 6.07) is 7.27. The third-order valence-corrected chi connectivity index (χ3v) is 2.73. The predicted molar refractivity (Wildman–Crippen MR) is 73.1 cm³/mol. The smallest absolute Gasteiger partial charge is 0.257 e. The predicted octanol–water partition coefficient (Wildman–Crippen LogP) is -5.48. The molecule has 0 aliphatic carbocycles. The van der Waals surface area contributed by atoms with Crippen LogP contribution in [0, 0.1) is 0 Å². The van der Waals surface area contributed by atoms with Crippen molar-refractivity contribution in [3.05, 3.63) is 60.2 Å². The zero-order chi connectivity index (χ0) is 14.9. The Hall–Kier alpha value is -2.22. The molecule has 124 valence electrons. The van der Waals surface area contributed by atoms with E-state index >= 15 is 0 Å². The molecule has 2 aromatic rings. The molecular weight excluding hydrogens is 343 g/mol. The van der Waals surface area contributed by atoms with Crippen LogP contribution in [0.25, 0.3) is 0 Å². The molecule has 0 unspecified atom stereocenters. The average molecular weight is 359 g/mol. The molecule has 7 nitrogen and oxygen atoms in total. The molecule has 0 atom stereocenters. The van der Waals surface area contributed by atoms with Gasteiger partial charge in [0.15, 0.2) is 24.8 Å². The first-order chi connectivity index (χ1) is 10.3. The van der Waals surface area contributed by atoms with E-state index in [4.69, 9.17) is 15.2 Å². The van der Waals surface area contributed by atoms with Gasteiger partial charge in [0, 0.05) is 35.4 Å². The molecule has 2 N–H and O–H groups in total. The van der Waals surface area contributed by atoms with E-state index in [1.165, 1.54) is 12.4 Å². The second-order valence-electron chi connectivity index (χ2n) is 4.24. The van der Waals surface area contributed by atoms with E-state index < -0.39 is 0 Å². The van der Waals surface area contributed by atoms with Crippen molar-refractivity contribution in [3.8, 4) is 0 Å². The maximum atomic E-state index is 8.42. The second-order valence-corrected chi connectivity index (χ2v) is 4.24. The Labute approximate surface area is 146 Å². The standard InChI is InChI=1S/C14H14N4O3.2ClH/c19-15-9-13-1-5-17(6-2-13)11-21-12-18-7-3-14(4-8-18)10-16-20;;/h1-10H,11-12H2;2*1H. The van der Waals surface area contributed by atoms with E-state index in [0.717, 1.165) is 11.1 Å². The minimum absolute atomic E-state index is 0. The van der Waals surface area contributed by atoms with Gasteiger partial charge in [0.2, 0.25) is 0 Å². The molecule has 9 heteroatoms. The molecule has 0 aliphatic rings. The number of hydrogen-bond donors (Lipinski definition) is 2. The number of nitrogens with zero attached hydrogens (tertiary/aromatic N) is 4. The third-order valence-electron chi connectivity index (χ3n) is 2.73. The van der Waals surface area contributed by atoms with Crippen molar-refractivity contribution in [1.82, 2.24) is 0 Å². The molecule has 0 bridgehead atoms. The van der Waals surface area contributed by atoms with Gasteiger partial charge in [-0.1, -0.05) is 10.3 Å². The van der Waals surface area contributed by atoms with Crippen LogP contribution < -0.4 is 33.9 Å². The van der Waals surface area contributed by atoms with Crippen LogP contribution in [0.2, 0.25) is 0 Å². The molecule has 23 heavy (non-hydrogen) atoms. The van der Waals surface area contributed by atoms with E-state index in [2.05, 4.69) is 10.3 Å². The summed E-state index contributed by atoms with van der Waals surface area (Å²) in [6.45, 7) is 0.812. The molecule has 2 aromatic heterocycles. The van der Waals surface area contributed by atoms with Gasteiger partial charge in [-0.05, 0) is 0 Å². The number of aromatic nitrogens is 2. The first-order valence-electron chi connectivity index (χ1n) is 6.22. The highest BCUT2D eigenvalue weighted by molar-refractivity contribution is 5.78. The van der Waals surface area contributed by atoms with Crippen molar-refractivity contribution < 1.29 is 49.1 Å². The Morgan fingerprint density at radius 1 is 0.783 bits per heavy atom. The van der Waals surface area contributed by atoms with Crippen molar-refractivity contribution in [1.29, 1.82) is 0 Å². The minimum Gasteiger partial charge on any atom is -1.00 e. The van der Waals surface area contributed by atoms with Gasteiger partial charge in [-0.3, -0.25) is 4.74 Å². The molecule has 0 saturated carbocycles. The molecule has 0 amide bonds. The Morgan fingerprint density at radius 3 is 1.43 bits per heavy atom. The summed E-state index contributed by atoms with van der Waals surface area (Å²) in [5.74, 6) is 0. The first kappa shape index (κ1) is 20.8. The quantitative estimate of drug-likeness (QED) is 0.234. The number of rotatable bonds is 6. The van der Waals surface area contributed by atoms with Crippen LogP contribution in [0.1, 0.15) is 11.1 Å². The topological polar surface area (TPSA) is 82.2 Å². The molecule has 0 aromatic carbocycles. The monoisotopic (exact) mass is 358 g/mol. The van der Waals surface area contributed by atoms with Gasteiger partial charge >= 0.3 is 0 Å². The molecule has 0 aliphatic heterocycles. The van der Waals surface area contributed by atoms with Gasteiger partial charge in [0.05, 0.1) is 12.4 Å². The Kier molecular flexibility index (Phi) is 10.3. The van der Waals surface area contributed by atoms with Gasteiger partial charge in [0.1, 0.15) is 0 Å². The SMILES string of the molecule is O/N=C\c1cc[n+](COC[n+]2ccc(/C=N\O)cc2)cc1.[Cl-].[Cl-]. The van der Waals surface area contributed by atoms with Crippen LogP contribution in [-0.4, -0.2) is 22.8 Å². The molecule has 2 rings (SSSR count). The summed E-state index contributed by atoms with van der Waals surface area (Å²) in [7, 11) is 0. The summed E-state index contributed by atoms with van der Waals surface area (Å²) in [4.78, 5) is 0. The van der Waals surface area contributed by atoms with Crippen LogP contribution in [0.3, 0.4) is 0 Å². The van der Waals surface area contributed by atoms with E-state index in [-0.39, 0.29) is 24.8 Å². The van der Waals surface area contributed by atoms with E-state index in [1.807, 2.05) is 58.2 Å². The third kappa shape index (κ3) is 7.05. The zero-order valence-corrected chi connectivity index (χ0v) is 13.5. The van der Waals surface area contributed by atoms with Gasteiger partial charge in [-0.15, -0.1) is 0 Å². The van der Waals surface area contributed by atoms with Crippen LogP contribution in [0.5, 0.6) is 0 Å². The maximum absolute atomic E-state index is 8.42. The van der Waals surface area contributed by atoms with Gasteiger partial charge in [0.25, 0.3) is 13.5 Å². The fourth-order valence-electron chi connectivity index (χ4n) is 1.67. The summed E-state index contributed by atoms with van der Waals surface area (Å²) < 4.78 is 9.29. The Balaban J connectivity index is 0.00000242. The molecule has 0 fully saturated rings. The fraction of sp³-hybridized carbons (Fsp3) is 0.143. The molecule has 0 saturated heterocycles. The van der Waals surface area contributed by atoms with E-state index in [9.17, 15) is 0 Å². The van der Waals surface area contributed by atoms with Crippen molar-refractivity contribution in [2.75, 3.05) is 0 Å². The number of ether oxygens (including phenoxy) is 1. The van der Waals surface area contributed by atoms with Crippen LogP contribution in [0.4, 0.5) is 0 Å². The largest absolute Gasteiger partial charge is 1.00 e. The van der Waals surface area contributed by atoms with Gasteiger partial charge in [-0.25, -0.2) is 0 Å². The van der Waals surface area contributed by atoms with Crippen LogP contribution in [0.15, 0.2) is 59.4 Å². The van der Waals surface area contributed by atoms with Crippen LogP contribution >= 0.6 is 0 Å². The molecule has 0 radical (unpaired) electrons. The Bertz CT molecular complexity index is 563. The highest BCUT2D eigenvalue weighted by Crippen LogP contribution is 1.91. The second kappa shape index (κ2) is 11.4. The van der Waals surface area contributed by atoms with Crippen LogP contribution in [-0.2, 0) is 18.2 Å². The highest BCUT2D eigenvalue weighted by Gasteiger charge is 2.04. The zero-order valence-electron chi connectivity index (χ0n) is 12.0. The lowest BCUT2D eigenvalue weighted by molar-refractivity contribution is -0.788. The lowest BCUT2D eigenvalue weighted by atomic mass is 10.3. The lowest BCUT2D eigenvalue weighted by Crippen LogP contribution is -3.00. The number of hydrogen-bond acceptors (Lipinski definition) is 5. The van der Waals surface area contributed by atoms with Crippen molar-refractivity contribution >= 4 is 12.4 Å². The minimum atomic E-state index is 0. The molecule has 0 spiro atoms. The lowest BCUT2D eigenvalue weighted by Gasteiger charge is -1.98. The number of oxime groups is 2. The van der Waals surface area contributed by atoms with E-state index in [1.54, 1.807) is 0 Å². The fourth-order valence-corrected chi connectivity index (χ4v) is 1.67. The van der Waals surface area contributed by atoms with Crippen molar-refractivity contribution in [3.63, 3.8) is 0 Å². The normalized spacial score (nSPS) is 10.4. The summed E-state index contributed by atoms with van der Waals surface area (Å²) >= 11 is 0. The average Bonchev–Trinajstić information content (AvgIpc) is 2.51. The number of pyridine rings is 2. The van der Waals surface area contributed by atoms with Crippen molar-refractivity contribution in [2.24, 2.45) is 10.3 Å². The van der Waals surface area contributed by atoms with Crippen molar-refractivity contribution in [2.45, 2.75) is 13.5 Å². The summed E-state index contributed by atoms with van der Waals surface area (Å²) in [6.07, 6.45) is 10.1. The summed E-state index contributed by atoms with van der Waals surface area (Å²) in [5, 5.41) is 22.8. The number of halogens is 2. The molecule has 2 heterocycles. The first-order valence-corrected chi connectivity index (χ1v) is 6.22. The highest BCUT2D eigenvalue weighted by atomic mass is 35.5. The summed E-state index contributed by atoms with van der Waals surface area (Å²) in [5.41, 5.74) is 1.62. The van der Waals surface area contributed by atoms with E-state index in [0.29, 0.717) is 13.5 Å². The Morgan fingerprint density at radius 2 is 1.13 bits per heavy atom. The maximum Gasteiger partial charge on any atom is 0.257 e. The molecular formula is C14H16Cl2N4O3. The van der Waals surface area contributed by atoms with Gasteiger partial charge in [-0.2, -0.15) is 9.13 Å². The van der Waals surface area contributed by atoms with Gasteiger partial charge < -0.3 is 35.2 Å².